The minimum absolute atomic E-state index is 0.493. The van der Waals surface area contributed by atoms with Gasteiger partial charge in [-0.3, -0.25) is 0 Å². The normalized spacial score (nSPS) is 10.3. The number of hydrogen-bond donors (Lipinski definition) is 1. The van der Waals surface area contributed by atoms with E-state index < -0.39 is 0 Å². The van der Waals surface area contributed by atoms with Gasteiger partial charge in [0.2, 0.25) is 0 Å². The summed E-state index contributed by atoms with van der Waals surface area (Å²) in [6.07, 6.45) is 0. The molecule has 0 aliphatic heterocycles. The summed E-state index contributed by atoms with van der Waals surface area (Å²) in [6, 6.07) is 13.6. The van der Waals surface area contributed by atoms with E-state index in [1.54, 1.807) is 7.11 Å². The third-order valence-corrected chi connectivity index (χ3v) is 3.23. The Balaban J connectivity index is 2.06. The molecule has 0 heterocycles. The fourth-order valence-corrected chi connectivity index (χ4v) is 2.06. The van der Waals surface area contributed by atoms with Crippen LogP contribution in [-0.2, 0) is 13.2 Å². The van der Waals surface area contributed by atoms with Crippen LogP contribution < -0.4 is 14.8 Å². The third-order valence-electron chi connectivity index (χ3n) is 2.98. The number of nitrogens with two attached hydrogens (primary N) is 1. The Bertz CT molecular complexity index is 555. The van der Waals surface area contributed by atoms with Gasteiger partial charge >= 0.3 is 0 Å². The molecule has 0 bridgehead atoms. The molecule has 0 aliphatic rings. The quantitative estimate of drug-likeness (QED) is 0.888. The molecule has 0 unspecified atom stereocenters. The minimum Gasteiger partial charge on any atom is -0.493 e. The lowest BCUT2D eigenvalue weighted by Crippen LogP contribution is -2.77. The van der Waals surface area contributed by atoms with E-state index in [0.717, 1.165) is 28.6 Å². The van der Waals surface area contributed by atoms with Crippen LogP contribution in [0.25, 0.3) is 0 Å². The van der Waals surface area contributed by atoms with E-state index in [9.17, 15) is 0 Å². The van der Waals surface area contributed by atoms with Crippen molar-refractivity contribution in [3.63, 3.8) is 0 Å². The zero-order chi connectivity index (χ0) is 14.4. The molecule has 20 heavy (non-hydrogen) atoms. The summed E-state index contributed by atoms with van der Waals surface area (Å²) in [5, 5.41) is 2.84. The monoisotopic (exact) mass is 292 g/mol. The topological polar surface area (TPSA) is 35.1 Å². The van der Waals surface area contributed by atoms with Gasteiger partial charge in [0, 0.05) is 10.6 Å². The van der Waals surface area contributed by atoms with E-state index in [1.807, 2.05) is 43.4 Å². The molecule has 2 aromatic carbocycles. The highest BCUT2D eigenvalue weighted by molar-refractivity contribution is 6.30. The second-order valence-corrected chi connectivity index (χ2v) is 4.95. The molecule has 0 spiro atoms. The van der Waals surface area contributed by atoms with Crippen LogP contribution in [0, 0.1) is 0 Å². The van der Waals surface area contributed by atoms with Crippen molar-refractivity contribution >= 4 is 11.6 Å². The van der Waals surface area contributed by atoms with Crippen LogP contribution in [0.15, 0.2) is 42.5 Å². The predicted octanol–water partition coefficient (Wildman–Crippen LogP) is 2.62. The number of methoxy groups -OCH3 is 1. The second kappa shape index (κ2) is 7.17. The molecule has 4 heteroatoms. The Kier molecular flexibility index (Phi) is 5.27. The third kappa shape index (κ3) is 3.89. The van der Waals surface area contributed by atoms with Crippen LogP contribution in [0.2, 0.25) is 5.02 Å². The number of hydrogen-bond acceptors (Lipinski definition) is 2. The first kappa shape index (κ1) is 14.7. The van der Waals surface area contributed by atoms with Crippen molar-refractivity contribution < 1.29 is 14.8 Å². The maximum atomic E-state index is 5.86. The number of benzene rings is 2. The highest BCUT2D eigenvalue weighted by Gasteiger charge is 2.06. The van der Waals surface area contributed by atoms with Gasteiger partial charge in [0.1, 0.15) is 13.2 Å². The first-order valence-electron chi connectivity index (χ1n) is 6.55. The van der Waals surface area contributed by atoms with Gasteiger partial charge in [-0.15, -0.1) is 0 Å². The van der Waals surface area contributed by atoms with Gasteiger partial charge in [-0.2, -0.15) is 0 Å². The Labute approximate surface area is 124 Å². The van der Waals surface area contributed by atoms with Gasteiger partial charge in [-0.1, -0.05) is 23.7 Å². The summed E-state index contributed by atoms with van der Waals surface area (Å²) in [4.78, 5) is 0. The van der Waals surface area contributed by atoms with Gasteiger partial charge in [0.15, 0.2) is 11.5 Å². The molecule has 0 amide bonds. The predicted molar refractivity (Wildman–Crippen MR) is 80.3 cm³/mol. The van der Waals surface area contributed by atoms with Crippen LogP contribution in [0.3, 0.4) is 0 Å². The Morgan fingerprint density at radius 1 is 1.00 bits per heavy atom. The molecule has 0 radical (unpaired) electrons. The fourth-order valence-electron chi connectivity index (χ4n) is 1.94. The van der Waals surface area contributed by atoms with Crippen molar-refractivity contribution in [2.24, 2.45) is 0 Å². The molecule has 0 atom stereocenters. The number of ether oxygens (including phenoxy) is 2. The molecule has 2 aromatic rings. The first-order valence-corrected chi connectivity index (χ1v) is 6.92. The maximum Gasteiger partial charge on any atom is 0.161 e. The smallest absolute Gasteiger partial charge is 0.161 e. The lowest BCUT2D eigenvalue weighted by atomic mass is 10.2. The molecular weight excluding hydrogens is 274 g/mol. The Hall–Kier alpha value is -1.71. The van der Waals surface area contributed by atoms with Crippen molar-refractivity contribution in [2.45, 2.75) is 13.2 Å². The van der Waals surface area contributed by atoms with Crippen LogP contribution in [0.4, 0.5) is 0 Å². The van der Waals surface area contributed by atoms with Gasteiger partial charge in [0.05, 0.1) is 14.2 Å². The minimum atomic E-state index is 0.493. The molecule has 3 nitrogen and oxygen atoms in total. The Morgan fingerprint density at radius 2 is 1.70 bits per heavy atom. The molecule has 106 valence electrons. The van der Waals surface area contributed by atoms with Crippen molar-refractivity contribution in [1.29, 1.82) is 0 Å². The molecule has 2 N–H and O–H groups in total. The van der Waals surface area contributed by atoms with Gasteiger partial charge in [-0.05, 0) is 35.9 Å². The molecule has 0 saturated heterocycles. The van der Waals surface area contributed by atoms with E-state index in [4.69, 9.17) is 21.1 Å². The molecule has 2 rings (SSSR count). The summed E-state index contributed by atoms with van der Waals surface area (Å²) in [6.45, 7) is 1.42. The maximum absolute atomic E-state index is 5.86. The highest BCUT2D eigenvalue weighted by atomic mass is 35.5. The zero-order valence-electron chi connectivity index (χ0n) is 11.7. The van der Waals surface area contributed by atoms with E-state index in [-0.39, 0.29) is 0 Å². The summed E-state index contributed by atoms with van der Waals surface area (Å²) < 4.78 is 11.2. The van der Waals surface area contributed by atoms with Crippen LogP contribution >= 0.6 is 11.6 Å². The van der Waals surface area contributed by atoms with Gasteiger partial charge < -0.3 is 14.8 Å². The van der Waals surface area contributed by atoms with Crippen molar-refractivity contribution in [1.82, 2.24) is 0 Å². The summed E-state index contributed by atoms with van der Waals surface area (Å²) in [5.41, 5.74) is 2.28. The van der Waals surface area contributed by atoms with E-state index in [1.165, 1.54) is 5.56 Å². The summed E-state index contributed by atoms with van der Waals surface area (Å²) in [7, 11) is 3.70. The lowest BCUT2D eigenvalue weighted by molar-refractivity contribution is -0.643. The van der Waals surface area contributed by atoms with Crippen molar-refractivity contribution in [2.75, 3.05) is 14.2 Å². The number of rotatable bonds is 6. The molecule has 0 fully saturated rings. The highest BCUT2D eigenvalue weighted by Crippen LogP contribution is 2.28. The van der Waals surface area contributed by atoms with Crippen molar-refractivity contribution in [3.05, 3.63) is 58.6 Å². The molecule has 0 aliphatic carbocycles. The fraction of sp³-hybridized carbons (Fsp3) is 0.250. The van der Waals surface area contributed by atoms with Crippen LogP contribution in [0.1, 0.15) is 11.1 Å². The first-order chi connectivity index (χ1) is 9.72. The van der Waals surface area contributed by atoms with E-state index in [0.29, 0.717) is 6.61 Å². The second-order valence-electron chi connectivity index (χ2n) is 4.51. The van der Waals surface area contributed by atoms with Gasteiger partial charge in [0.25, 0.3) is 0 Å². The standard InChI is InChI=1S/C16H18ClNO2/c1-18-10-13-5-8-15(16(9-13)19-2)20-11-12-3-6-14(17)7-4-12/h3-9,18H,10-11H2,1-2H3/p+1. The number of quaternary nitrogens is 1. The lowest BCUT2D eigenvalue weighted by Gasteiger charge is -2.12. The molecule has 0 saturated carbocycles. The number of halogens is 1. The van der Waals surface area contributed by atoms with Crippen LogP contribution in [0.5, 0.6) is 11.5 Å². The SMILES string of the molecule is C[NH2+]Cc1ccc(OCc2ccc(Cl)cc2)c(OC)c1. The average molecular weight is 293 g/mol. The molecular formula is C16H19ClNO2+. The Morgan fingerprint density at radius 3 is 2.35 bits per heavy atom. The average Bonchev–Trinajstić information content (AvgIpc) is 2.47. The van der Waals surface area contributed by atoms with Gasteiger partial charge in [-0.25, -0.2) is 0 Å². The van der Waals surface area contributed by atoms with Crippen molar-refractivity contribution in [3.8, 4) is 11.5 Å². The van der Waals surface area contributed by atoms with E-state index >= 15 is 0 Å². The summed E-state index contributed by atoms with van der Waals surface area (Å²) >= 11 is 5.86. The zero-order valence-corrected chi connectivity index (χ0v) is 12.5. The largest absolute Gasteiger partial charge is 0.493 e. The molecule has 0 aromatic heterocycles. The van der Waals surface area contributed by atoms with Crippen LogP contribution in [-0.4, -0.2) is 14.2 Å². The summed E-state index contributed by atoms with van der Waals surface area (Å²) in [5.74, 6) is 1.51. The van der Waals surface area contributed by atoms with E-state index in [2.05, 4.69) is 11.4 Å².